The maximum absolute atomic E-state index is 12.7. The zero-order chi connectivity index (χ0) is 19.1. The van der Waals surface area contributed by atoms with E-state index in [1.807, 2.05) is 30.3 Å². The first-order chi connectivity index (χ1) is 13.7. The van der Waals surface area contributed by atoms with Gasteiger partial charge in [-0.15, -0.1) is 16.4 Å². The summed E-state index contributed by atoms with van der Waals surface area (Å²) in [6.45, 7) is 2.27. The van der Waals surface area contributed by atoms with Crippen LogP contribution in [0.5, 0.6) is 0 Å². The van der Waals surface area contributed by atoms with Crippen LogP contribution in [0.2, 0.25) is 0 Å². The minimum absolute atomic E-state index is 0.0207. The molecule has 0 unspecified atom stereocenters. The Hall–Kier alpha value is -2.45. The van der Waals surface area contributed by atoms with Crippen molar-refractivity contribution in [1.82, 2.24) is 25.1 Å². The van der Waals surface area contributed by atoms with Gasteiger partial charge in [-0.3, -0.25) is 9.89 Å². The number of thioether (sulfide) groups is 1. The monoisotopic (exact) mass is 409 g/mol. The number of hydrogen-bond donors (Lipinski definition) is 2. The van der Waals surface area contributed by atoms with Crippen molar-refractivity contribution in [3.05, 3.63) is 57.0 Å². The Balaban J connectivity index is 1.38. The lowest BCUT2D eigenvalue weighted by Crippen LogP contribution is -2.14. The molecule has 2 N–H and O–H groups in total. The molecule has 0 radical (unpaired) electrons. The van der Waals surface area contributed by atoms with Crippen LogP contribution in [0.15, 0.2) is 40.3 Å². The molecule has 0 bridgehead atoms. The number of nitrogens with one attached hydrogen (secondary N) is 2. The molecule has 3 aromatic heterocycles. The van der Waals surface area contributed by atoms with Gasteiger partial charge in [0.05, 0.1) is 11.1 Å². The second-order valence-corrected chi connectivity index (χ2v) is 9.19. The quantitative estimate of drug-likeness (QED) is 0.494. The summed E-state index contributed by atoms with van der Waals surface area (Å²) in [4.78, 5) is 27.1. The third-order valence-corrected chi connectivity index (χ3v) is 7.07. The molecule has 0 saturated heterocycles. The van der Waals surface area contributed by atoms with E-state index in [2.05, 4.69) is 27.1 Å². The molecule has 1 aromatic carbocycles. The zero-order valence-electron chi connectivity index (χ0n) is 15.4. The third-order valence-electron chi connectivity index (χ3n) is 5.06. The van der Waals surface area contributed by atoms with E-state index >= 15 is 0 Å². The average molecular weight is 410 g/mol. The standard InChI is InChI=1S/C20H19N5OS2/c1-11-7-8-13-14(9-11)28-19-16(13)18(26)21-15(22-19)10-27-20-23-17(24-25-20)12-5-3-2-4-6-12/h2-6,11H,7-10H2,1H3,(H,21,22,26)(H,23,24,25)/t11-/m1/s1. The highest BCUT2D eigenvalue weighted by molar-refractivity contribution is 7.98. The number of nitrogens with zero attached hydrogens (tertiary/aromatic N) is 3. The molecular formula is C20H19N5OS2. The first kappa shape index (κ1) is 17.6. The lowest BCUT2D eigenvalue weighted by atomic mass is 9.89. The summed E-state index contributed by atoms with van der Waals surface area (Å²) in [5, 5.41) is 8.66. The molecule has 1 aliphatic rings. The molecule has 8 heteroatoms. The van der Waals surface area contributed by atoms with E-state index in [0.717, 1.165) is 40.9 Å². The van der Waals surface area contributed by atoms with E-state index < -0.39 is 0 Å². The third kappa shape index (κ3) is 3.27. The minimum Gasteiger partial charge on any atom is -0.309 e. The van der Waals surface area contributed by atoms with E-state index in [0.29, 0.717) is 22.7 Å². The van der Waals surface area contributed by atoms with E-state index in [9.17, 15) is 4.79 Å². The Morgan fingerprint density at radius 2 is 2.11 bits per heavy atom. The Kier molecular flexibility index (Phi) is 4.52. The molecule has 3 heterocycles. The number of aryl methyl sites for hydroxylation is 1. The SMILES string of the molecule is C[C@@H]1CCc2c(sc3nc(CSc4n[nH]c(-c5ccccc5)n4)[nH]c(=O)c23)C1. The summed E-state index contributed by atoms with van der Waals surface area (Å²) >= 11 is 3.14. The number of fused-ring (bicyclic) bond motifs is 3. The maximum atomic E-state index is 12.7. The average Bonchev–Trinajstić information content (AvgIpc) is 3.31. The van der Waals surface area contributed by atoms with Crippen LogP contribution >= 0.6 is 23.1 Å². The van der Waals surface area contributed by atoms with Crippen molar-refractivity contribution in [2.24, 2.45) is 5.92 Å². The van der Waals surface area contributed by atoms with Gasteiger partial charge in [0.15, 0.2) is 5.82 Å². The van der Waals surface area contributed by atoms with Gasteiger partial charge in [-0.25, -0.2) is 9.97 Å². The summed E-state index contributed by atoms with van der Waals surface area (Å²) < 4.78 is 0. The van der Waals surface area contributed by atoms with Crippen LogP contribution in [0.4, 0.5) is 0 Å². The number of benzene rings is 1. The molecule has 142 valence electrons. The van der Waals surface area contributed by atoms with E-state index in [1.54, 1.807) is 11.3 Å². The highest BCUT2D eigenvalue weighted by Crippen LogP contribution is 2.35. The van der Waals surface area contributed by atoms with Crippen LogP contribution < -0.4 is 5.56 Å². The summed E-state index contributed by atoms with van der Waals surface area (Å²) in [6, 6.07) is 9.88. The zero-order valence-corrected chi connectivity index (χ0v) is 17.0. The van der Waals surface area contributed by atoms with E-state index in [-0.39, 0.29) is 5.56 Å². The lowest BCUT2D eigenvalue weighted by Gasteiger charge is -2.17. The molecule has 28 heavy (non-hydrogen) atoms. The van der Waals surface area contributed by atoms with Crippen molar-refractivity contribution in [3.8, 4) is 11.4 Å². The van der Waals surface area contributed by atoms with Crippen molar-refractivity contribution in [2.75, 3.05) is 0 Å². The molecular weight excluding hydrogens is 390 g/mol. The topological polar surface area (TPSA) is 87.3 Å². The fraction of sp³-hybridized carbons (Fsp3) is 0.300. The number of rotatable bonds is 4. The van der Waals surface area contributed by atoms with Crippen molar-refractivity contribution in [1.29, 1.82) is 0 Å². The Bertz CT molecular complexity index is 1190. The van der Waals surface area contributed by atoms with Gasteiger partial charge in [-0.2, -0.15) is 0 Å². The van der Waals surface area contributed by atoms with Gasteiger partial charge < -0.3 is 4.98 Å². The molecule has 4 aromatic rings. The number of H-pyrrole nitrogens is 2. The molecule has 1 aliphatic carbocycles. The summed E-state index contributed by atoms with van der Waals surface area (Å²) in [7, 11) is 0. The second-order valence-electron chi connectivity index (χ2n) is 7.17. The molecule has 0 aliphatic heterocycles. The minimum atomic E-state index is -0.0207. The highest BCUT2D eigenvalue weighted by atomic mass is 32.2. The Morgan fingerprint density at radius 1 is 1.25 bits per heavy atom. The molecule has 1 atom stereocenters. The summed E-state index contributed by atoms with van der Waals surface area (Å²) in [6.07, 6.45) is 3.18. The predicted molar refractivity (Wildman–Crippen MR) is 113 cm³/mol. The van der Waals surface area contributed by atoms with Crippen LogP contribution in [0, 0.1) is 5.92 Å². The van der Waals surface area contributed by atoms with Gasteiger partial charge in [0.25, 0.3) is 5.56 Å². The number of aromatic nitrogens is 5. The summed E-state index contributed by atoms with van der Waals surface area (Å²) in [5.74, 6) is 2.61. The largest absolute Gasteiger partial charge is 0.309 e. The van der Waals surface area contributed by atoms with Crippen LogP contribution in [-0.2, 0) is 18.6 Å². The normalized spacial score (nSPS) is 16.4. The predicted octanol–water partition coefficient (Wildman–Crippen LogP) is 4.19. The fourth-order valence-electron chi connectivity index (χ4n) is 3.63. The Morgan fingerprint density at radius 3 is 2.96 bits per heavy atom. The summed E-state index contributed by atoms with van der Waals surface area (Å²) in [5.41, 5.74) is 2.19. The van der Waals surface area contributed by atoms with Crippen LogP contribution in [-0.4, -0.2) is 25.1 Å². The lowest BCUT2D eigenvalue weighted by molar-refractivity contribution is 0.509. The van der Waals surface area contributed by atoms with Crippen LogP contribution in [0.25, 0.3) is 21.6 Å². The molecule has 5 rings (SSSR count). The molecule has 0 amide bonds. The highest BCUT2D eigenvalue weighted by Gasteiger charge is 2.23. The van der Waals surface area contributed by atoms with Gasteiger partial charge in [0, 0.05) is 10.4 Å². The van der Waals surface area contributed by atoms with Crippen LogP contribution in [0.3, 0.4) is 0 Å². The second kappa shape index (κ2) is 7.18. The maximum Gasteiger partial charge on any atom is 0.259 e. The first-order valence-corrected chi connectivity index (χ1v) is 11.1. The Labute approximate surface area is 169 Å². The van der Waals surface area contributed by atoms with Gasteiger partial charge in [-0.05, 0) is 30.7 Å². The van der Waals surface area contributed by atoms with Gasteiger partial charge in [0.2, 0.25) is 5.16 Å². The van der Waals surface area contributed by atoms with Gasteiger partial charge >= 0.3 is 0 Å². The molecule has 6 nitrogen and oxygen atoms in total. The number of hydrogen-bond acceptors (Lipinski definition) is 6. The van der Waals surface area contributed by atoms with Crippen molar-refractivity contribution >= 4 is 33.3 Å². The van der Waals surface area contributed by atoms with E-state index in [1.165, 1.54) is 22.2 Å². The van der Waals surface area contributed by atoms with Gasteiger partial charge in [0.1, 0.15) is 10.7 Å². The van der Waals surface area contributed by atoms with Gasteiger partial charge in [-0.1, -0.05) is 49.0 Å². The first-order valence-electron chi connectivity index (χ1n) is 9.31. The van der Waals surface area contributed by atoms with Crippen molar-refractivity contribution < 1.29 is 0 Å². The van der Waals surface area contributed by atoms with Crippen molar-refractivity contribution in [3.63, 3.8) is 0 Å². The molecule has 0 saturated carbocycles. The van der Waals surface area contributed by atoms with Crippen LogP contribution in [0.1, 0.15) is 29.6 Å². The van der Waals surface area contributed by atoms with E-state index in [4.69, 9.17) is 4.98 Å². The fourth-order valence-corrected chi connectivity index (χ4v) is 5.70. The molecule has 0 fully saturated rings. The number of thiophene rings is 1. The molecule has 0 spiro atoms. The number of aromatic amines is 2. The smallest absolute Gasteiger partial charge is 0.259 e. The van der Waals surface area contributed by atoms with Crippen molar-refractivity contribution in [2.45, 2.75) is 37.1 Å².